The van der Waals surface area contributed by atoms with Crippen LogP contribution < -0.4 is 5.32 Å². The minimum Gasteiger partial charge on any atom is -0.481 e. The normalized spacial score (nSPS) is 11.9. The third kappa shape index (κ3) is 4.37. The number of carboxylic acids is 1. The molecule has 2 aromatic rings. The Balaban J connectivity index is 2.06. The lowest BCUT2D eigenvalue weighted by Crippen LogP contribution is -2.31. The largest absolute Gasteiger partial charge is 0.481 e. The number of ether oxygens (including phenoxy) is 1. The maximum absolute atomic E-state index is 12.9. The number of benzene rings is 1. The van der Waals surface area contributed by atoms with Gasteiger partial charge in [0.05, 0.1) is 17.4 Å². The first-order valence-electron chi connectivity index (χ1n) is 6.84. The summed E-state index contributed by atoms with van der Waals surface area (Å²) < 4.78 is 18.0. The van der Waals surface area contributed by atoms with Crippen molar-refractivity contribution in [1.29, 1.82) is 0 Å². The van der Waals surface area contributed by atoms with Crippen molar-refractivity contribution in [2.75, 3.05) is 13.7 Å². The molecule has 0 aliphatic rings. The van der Waals surface area contributed by atoms with Crippen molar-refractivity contribution in [3.8, 4) is 0 Å². The van der Waals surface area contributed by atoms with Crippen molar-refractivity contribution < 1.29 is 23.8 Å². The van der Waals surface area contributed by atoms with Gasteiger partial charge in [-0.2, -0.15) is 0 Å². The molecule has 1 unspecified atom stereocenters. The van der Waals surface area contributed by atoms with Gasteiger partial charge < -0.3 is 15.2 Å². The monoisotopic (exact) mass is 337 g/mol. The Morgan fingerprint density at radius 1 is 1.30 bits per heavy atom. The van der Waals surface area contributed by atoms with Crippen LogP contribution in [0.25, 0.3) is 0 Å². The van der Waals surface area contributed by atoms with Crippen molar-refractivity contribution in [3.63, 3.8) is 0 Å². The van der Waals surface area contributed by atoms with E-state index >= 15 is 0 Å². The summed E-state index contributed by atoms with van der Waals surface area (Å²) in [7, 11) is 1.54. The van der Waals surface area contributed by atoms with Gasteiger partial charge in [-0.05, 0) is 29.1 Å². The first kappa shape index (κ1) is 17.1. The van der Waals surface area contributed by atoms with E-state index < -0.39 is 17.7 Å². The van der Waals surface area contributed by atoms with Crippen LogP contribution in [0.4, 0.5) is 4.39 Å². The molecule has 2 N–H and O–H groups in total. The zero-order valence-electron chi connectivity index (χ0n) is 12.4. The van der Waals surface area contributed by atoms with Gasteiger partial charge >= 0.3 is 5.97 Å². The van der Waals surface area contributed by atoms with Gasteiger partial charge in [0.1, 0.15) is 5.82 Å². The first-order valence-corrected chi connectivity index (χ1v) is 7.72. The average Bonchev–Trinajstić information content (AvgIpc) is 2.97. The summed E-state index contributed by atoms with van der Waals surface area (Å²) in [6.07, 6.45) is 0. The van der Waals surface area contributed by atoms with E-state index in [1.807, 2.05) is 0 Å². The summed E-state index contributed by atoms with van der Waals surface area (Å²) in [5.74, 6) is -2.81. The molecule has 0 saturated carbocycles. The second-order valence-corrected chi connectivity index (χ2v) is 5.78. The smallest absolute Gasteiger partial charge is 0.312 e. The average molecular weight is 337 g/mol. The van der Waals surface area contributed by atoms with E-state index in [9.17, 15) is 19.1 Å². The Morgan fingerprint density at radius 3 is 2.61 bits per heavy atom. The van der Waals surface area contributed by atoms with Gasteiger partial charge in [-0.15, -0.1) is 11.3 Å². The van der Waals surface area contributed by atoms with Crippen LogP contribution in [-0.2, 0) is 16.1 Å². The topological polar surface area (TPSA) is 75.6 Å². The Kier molecular flexibility index (Phi) is 5.84. The Labute approximate surface area is 136 Å². The molecule has 2 rings (SSSR count). The van der Waals surface area contributed by atoms with Gasteiger partial charge in [0.25, 0.3) is 5.91 Å². The predicted octanol–water partition coefficient (Wildman–Crippen LogP) is 2.63. The van der Waals surface area contributed by atoms with E-state index in [0.717, 1.165) is 5.56 Å². The molecular weight excluding hydrogens is 321 g/mol. The van der Waals surface area contributed by atoms with Crippen LogP contribution in [0.15, 0.2) is 35.7 Å². The number of amides is 1. The van der Waals surface area contributed by atoms with Crippen LogP contribution in [0.2, 0.25) is 0 Å². The highest BCUT2D eigenvalue weighted by molar-refractivity contribution is 7.12. The molecule has 1 atom stereocenters. The first-order chi connectivity index (χ1) is 11.0. The molecule has 122 valence electrons. The number of rotatable bonds is 7. The Bertz CT molecular complexity index is 684. The lowest BCUT2D eigenvalue weighted by atomic mass is 9.99. The standard InChI is InChI=1S/C16H16FNO4S/c1-22-9-11-6-7-23-14(11)15(19)18-8-13(16(20)21)10-2-4-12(17)5-3-10/h2-7,13H,8-9H2,1H3,(H,18,19)(H,20,21). The van der Waals surface area contributed by atoms with E-state index in [1.54, 1.807) is 11.4 Å². The summed E-state index contributed by atoms with van der Waals surface area (Å²) in [6.45, 7) is 0.233. The molecule has 0 fully saturated rings. The number of hydrogen-bond donors (Lipinski definition) is 2. The molecule has 1 heterocycles. The number of nitrogens with one attached hydrogen (secondary N) is 1. The van der Waals surface area contributed by atoms with Crippen molar-refractivity contribution in [2.24, 2.45) is 0 Å². The molecular formula is C16H16FNO4S. The van der Waals surface area contributed by atoms with E-state index in [2.05, 4.69) is 5.32 Å². The van der Waals surface area contributed by atoms with E-state index in [1.165, 1.54) is 42.7 Å². The number of carboxylic acid groups (broad SMARTS) is 1. The summed E-state index contributed by atoms with van der Waals surface area (Å²) in [4.78, 5) is 24.1. The number of hydrogen-bond acceptors (Lipinski definition) is 4. The fourth-order valence-corrected chi connectivity index (χ4v) is 2.95. The Morgan fingerprint density at radius 2 is 2.00 bits per heavy atom. The quantitative estimate of drug-likeness (QED) is 0.814. The third-order valence-corrected chi connectivity index (χ3v) is 4.25. The molecule has 1 amide bonds. The highest BCUT2D eigenvalue weighted by Gasteiger charge is 2.22. The van der Waals surface area contributed by atoms with Crippen molar-refractivity contribution >= 4 is 23.2 Å². The minimum atomic E-state index is -1.08. The van der Waals surface area contributed by atoms with Crippen LogP contribution in [0.3, 0.4) is 0 Å². The van der Waals surface area contributed by atoms with Crippen molar-refractivity contribution in [3.05, 3.63) is 57.5 Å². The fraction of sp³-hybridized carbons (Fsp3) is 0.250. The number of halogens is 1. The molecule has 7 heteroatoms. The molecule has 1 aromatic carbocycles. The zero-order valence-corrected chi connectivity index (χ0v) is 13.2. The van der Waals surface area contributed by atoms with Crippen LogP contribution in [0.1, 0.15) is 26.7 Å². The maximum Gasteiger partial charge on any atom is 0.312 e. The molecule has 5 nitrogen and oxygen atoms in total. The lowest BCUT2D eigenvalue weighted by Gasteiger charge is -2.14. The molecule has 0 bridgehead atoms. The zero-order chi connectivity index (χ0) is 16.8. The van der Waals surface area contributed by atoms with E-state index in [0.29, 0.717) is 17.0 Å². The van der Waals surface area contributed by atoms with E-state index in [-0.39, 0.29) is 12.5 Å². The maximum atomic E-state index is 12.9. The number of carbonyl (C=O) groups is 2. The van der Waals surface area contributed by atoms with Crippen LogP contribution >= 0.6 is 11.3 Å². The lowest BCUT2D eigenvalue weighted by molar-refractivity contribution is -0.138. The Hall–Kier alpha value is -2.25. The molecule has 23 heavy (non-hydrogen) atoms. The SMILES string of the molecule is COCc1ccsc1C(=O)NCC(C(=O)O)c1ccc(F)cc1. The van der Waals surface area contributed by atoms with Crippen LogP contribution in [0, 0.1) is 5.82 Å². The summed E-state index contributed by atoms with van der Waals surface area (Å²) in [6, 6.07) is 6.99. The minimum absolute atomic E-state index is 0.0792. The highest BCUT2D eigenvalue weighted by Crippen LogP contribution is 2.19. The number of aliphatic carboxylic acids is 1. The molecule has 0 aliphatic heterocycles. The summed E-state index contributed by atoms with van der Waals surface area (Å²) >= 11 is 1.27. The van der Waals surface area contributed by atoms with Gasteiger partial charge in [-0.25, -0.2) is 4.39 Å². The molecule has 0 spiro atoms. The van der Waals surface area contributed by atoms with Crippen LogP contribution in [-0.4, -0.2) is 30.6 Å². The predicted molar refractivity (Wildman–Crippen MR) is 84.1 cm³/mol. The number of thiophene rings is 1. The number of methoxy groups -OCH3 is 1. The van der Waals surface area contributed by atoms with E-state index in [4.69, 9.17) is 4.74 Å². The second-order valence-electron chi connectivity index (χ2n) is 4.86. The van der Waals surface area contributed by atoms with Gasteiger partial charge in [-0.1, -0.05) is 12.1 Å². The van der Waals surface area contributed by atoms with Crippen molar-refractivity contribution in [1.82, 2.24) is 5.32 Å². The van der Waals surface area contributed by atoms with Gasteiger partial charge in [0, 0.05) is 19.2 Å². The van der Waals surface area contributed by atoms with Crippen LogP contribution in [0.5, 0.6) is 0 Å². The van der Waals surface area contributed by atoms with Gasteiger partial charge in [-0.3, -0.25) is 9.59 Å². The van der Waals surface area contributed by atoms with Gasteiger partial charge in [0.15, 0.2) is 0 Å². The molecule has 0 saturated heterocycles. The summed E-state index contributed by atoms with van der Waals surface area (Å²) in [5, 5.41) is 13.7. The van der Waals surface area contributed by atoms with Gasteiger partial charge in [0.2, 0.25) is 0 Å². The molecule has 0 aliphatic carbocycles. The third-order valence-electron chi connectivity index (χ3n) is 3.29. The number of carbonyl (C=O) groups excluding carboxylic acids is 1. The second kappa shape index (κ2) is 7.85. The highest BCUT2D eigenvalue weighted by atomic mass is 32.1. The summed E-state index contributed by atoms with van der Waals surface area (Å²) in [5.41, 5.74) is 1.19. The fourth-order valence-electron chi connectivity index (χ4n) is 2.12. The molecule has 1 aromatic heterocycles. The van der Waals surface area contributed by atoms with Crippen molar-refractivity contribution in [2.45, 2.75) is 12.5 Å². The molecule has 0 radical (unpaired) electrons.